The molecule has 2 atom stereocenters. The zero-order valence-corrected chi connectivity index (χ0v) is 12.7. The van der Waals surface area contributed by atoms with Crippen LogP contribution in [0.3, 0.4) is 0 Å². The van der Waals surface area contributed by atoms with Gasteiger partial charge in [0.1, 0.15) is 5.75 Å². The number of rotatable bonds is 7. The molecule has 3 nitrogen and oxygen atoms in total. The van der Waals surface area contributed by atoms with Gasteiger partial charge in [-0.15, -0.1) is 0 Å². The number of hydrogen-bond acceptors (Lipinski definition) is 3. The fourth-order valence-corrected chi connectivity index (χ4v) is 2.72. The van der Waals surface area contributed by atoms with Crippen molar-refractivity contribution in [3.05, 3.63) is 29.8 Å². The molecule has 1 fully saturated rings. The molecule has 3 heteroatoms. The Labute approximate surface area is 122 Å². The van der Waals surface area contributed by atoms with Gasteiger partial charge in [0.2, 0.25) is 0 Å². The van der Waals surface area contributed by atoms with E-state index in [0.717, 1.165) is 38.5 Å². The van der Waals surface area contributed by atoms with Gasteiger partial charge >= 0.3 is 0 Å². The summed E-state index contributed by atoms with van der Waals surface area (Å²) in [5.41, 5.74) is 1.27. The third kappa shape index (κ3) is 4.22. The van der Waals surface area contributed by atoms with Crippen LogP contribution in [0.2, 0.25) is 0 Å². The summed E-state index contributed by atoms with van der Waals surface area (Å²) in [7, 11) is 0. The van der Waals surface area contributed by atoms with E-state index >= 15 is 0 Å². The molecular weight excluding hydrogens is 250 g/mol. The number of nitrogens with one attached hydrogen (secondary N) is 1. The molecule has 1 aromatic carbocycles. The second-order valence-corrected chi connectivity index (χ2v) is 5.42. The summed E-state index contributed by atoms with van der Waals surface area (Å²) in [4.78, 5) is 0. The molecule has 0 amide bonds. The van der Waals surface area contributed by atoms with Crippen molar-refractivity contribution in [2.75, 3.05) is 26.3 Å². The normalized spacial score (nSPS) is 22.7. The van der Waals surface area contributed by atoms with Crippen molar-refractivity contribution in [1.82, 2.24) is 5.32 Å². The van der Waals surface area contributed by atoms with Gasteiger partial charge in [0.15, 0.2) is 0 Å². The summed E-state index contributed by atoms with van der Waals surface area (Å²) in [6.07, 6.45) is 3.68. The van der Waals surface area contributed by atoms with Crippen LogP contribution in [-0.4, -0.2) is 26.3 Å². The van der Waals surface area contributed by atoms with Crippen LogP contribution >= 0.6 is 0 Å². The molecule has 0 spiro atoms. The van der Waals surface area contributed by atoms with Crippen LogP contribution in [0.4, 0.5) is 0 Å². The van der Waals surface area contributed by atoms with Gasteiger partial charge in [0, 0.05) is 19.1 Å². The molecule has 0 radical (unpaired) electrons. The second-order valence-electron chi connectivity index (χ2n) is 5.42. The Morgan fingerprint density at radius 1 is 1.25 bits per heavy atom. The van der Waals surface area contributed by atoms with Crippen molar-refractivity contribution in [2.45, 2.75) is 39.2 Å². The van der Waals surface area contributed by atoms with Crippen molar-refractivity contribution >= 4 is 0 Å². The first kappa shape index (κ1) is 15.3. The average molecular weight is 277 g/mol. The van der Waals surface area contributed by atoms with E-state index < -0.39 is 0 Å². The second kappa shape index (κ2) is 8.28. The zero-order chi connectivity index (χ0) is 14.2. The molecule has 0 aromatic heterocycles. The van der Waals surface area contributed by atoms with E-state index in [-0.39, 0.29) is 6.10 Å². The Morgan fingerprint density at radius 3 is 2.75 bits per heavy atom. The zero-order valence-electron chi connectivity index (χ0n) is 12.7. The van der Waals surface area contributed by atoms with Crippen molar-refractivity contribution in [3.8, 4) is 5.75 Å². The largest absolute Gasteiger partial charge is 0.494 e. The van der Waals surface area contributed by atoms with Gasteiger partial charge in [-0.25, -0.2) is 0 Å². The molecule has 112 valence electrons. The molecule has 0 saturated carbocycles. The van der Waals surface area contributed by atoms with Gasteiger partial charge in [-0.2, -0.15) is 0 Å². The highest BCUT2D eigenvalue weighted by atomic mass is 16.5. The fourth-order valence-electron chi connectivity index (χ4n) is 2.72. The van der Waals surface area contributed by atoms with Gasteiger partial charge in [0.05, 0.1) is 12.7 Å². The molecule has 0 bridgehead atoms. The smallest absolute Gasteiger partial charge is 0.119 e. The molecule has 1 heterocycles. The minimum Gasteiger partial charge on any atom is -0.494 e. The van der Waals surface area contributed by atoms with Crippen LogP contribution in [0.5, 0.6) is 5.75 Å². The van der Waals surface area contributed by atoms with Crippen molar-refractivity contribution in [1.29, 1.82) is 0 Å². The molecule has 1 N–H and O–H groups in total. The highest BCUT2D eigenvalue weighted by molar-refractivity contribution is 5.29. The lowest BCUT2D eigenvalue weighted by Gasteiger charge is -2.32. The summed E-state index contributed by atoms with van der Waals surface area (Å²) in [5, 5.41) is 3.45. The highest BCUT2D eigenvalue weighted by Crippen LogP contribution is 2.33. The van der Waals surface area contributed by atoms with Crippen LogP contribution < -0.4 is 10.1 Å². The Kier molecular flexibility index (Phi) is 6.34. The predicted octanol–water partition coefficient (Wildman–Crippen LogP) is 3.55. The molecule has 1 aromatic rings. The fraction of sp³-hybridized carbons (Fsp3) is 0.647. The first-order chi connectivity index (χ1) is 9.85. The number of benzene rings is 1. The van der Waals surface area contributed by atoms with Crippen molar-refractivity contribution in [3.63, 3.8) is 0 Å². The monoisotopic (exact) mass is 277 g/mol. The summed E-state index contributed by atoms with van der Waals surface area (Å²) >= 11 is 0. The van der Waals surface area contributed by atoms with Gasteiger partial charge in [-0.1, -0.05) is 26.0 Å². The van der Waals surface area contributed by atoms with Crippen LogP contribution in [0.1, 0.15) is 44.8 Å². The SMILES string of the molecule is CCCOc1ccc(C2OCCCC2CNCC)cc1. The standard InChI is InChI=1S/C17H27NO2/c1-3-11-19-16-9-7-14(8-10-16)17-15(13-18-4-2)6-5-12-20-17/h7-10,15,17-18H,3-6,11-13H2,1-2H3. The molecule has 1 aliphatic heterocycles. The third-order valence-corrected chi connectivity index (χ3v) is 3.78. The Bertz CT molecular complexity index is 377. The molecule has 20 heavy (non-hydrogen) atoms. The lowest BCUT2D eigenvalue weighted by molar-refractivity contribution is -0.0276. The molecule has 2 unspecified atom stereocenters. The molecule has 1 aliphatic rings. The van der Waals surface area contributed by atoms with E-state index in [2.05, 4.69) is 43.4 Å². The van der Waals surface area contributed by atoms with E-state index in [1.807, 2.05) is 0 Å². The number of ether oxygens (including phenoxy) is 2. The lowest BCUT2D eigenvalue weighted by Crippen LogP contribution is -2.31. The van der Waals surface area contributed by atoms with E-state index in [0.29, 0.717) is 5.92 Å². The lowest BCUT2D eigenvalue weighted by atomic mass is 9.89. The predicted molar refractivity (Wildman–Crippen MR) is 82.2 cm³/mol. The minimum absolute atomic E-state index is 0.225. The molecular formula is C17H27NO2. The first-order valence-corrected chi connectivity index (χ1v) is 7.90. The topological polar surface area (TPSA) is 30.5 Å². The summed E-state index contributed by atoms with van der Waals surface area (Å²) < 4.78 is 11.6. The van der Waals surface area contributed by atoms with Gasteiger partial charge in [0.25, 0.3) is 0 Å². The maximum Gasteiger partial charge on any atom is 0.119 e. The van der Waals surface area contributed by atoms with E-state index in [4.69, 9.17) is 9.47 Å². The van der Waals surface area contributed by atoms with Crippen molar-refractivity contribution < 1.29 is 9.47 Å². The minimum atomic E-state index is 0.225. The molecule has 0 aliphatic carbocycles. The Morgan fingerprint density at radius 2 is 2.05 bits per heavy atom. The van der Waals surface area contributed by atoms with Crippen LogP contribution in [0.25, 0.3) is 0 Å². The third-order valence-electron chi connectivity index (χ3n) is 3.78. The van der Waals surface area contributed by atoms with Gasteiger partial charge < -0.3 is 14.8 Å². The van der Waals surface area contributed by atoms with E-state index in [9.17, 15) is 0 Å². The maximum absolute atomic E-state index is 6.01. The Balaban J connectivity index is 1.99. The highest BCUT2D eigenvalue weighted by Gasteiger charge is 2.26. The van der Waals surface area contributed by atoms with Crippen molar-refractivity contribution in [2.24, 2.45) is 5.92 Å². The summed E-state index contributed by atoms with van der Waals surface area (Å²) in [5.74, 6) is 1.53. The average Bonchev–Trinajstić information content (AvgIpc) is 2.52. The number of hydrogen-bond donors (Lipinski definition) is 1. The molecule has 2 rings (SSSR count). The van der Waals surface area contributed by atoms with Crippen LogP contribution in [0.15, 0.2) is 24.3 Å². The first-order valence-electron chi connectivity index (χ1n) is 7.90. The van der Waals surface area contributed by atoms with Crippen LogP contribution in [-0.2, 0) is 4.74 Å². The Hall–Kier alpha value is -1.06. The summed E-state index contributed by atoms with van der Waals surface area (Å²) in [6.45, 7) is 7.99. The van der Waals surface area contributed by atoms with E-state index in [1.165, 1.54) is 18.4 Å². The summed E-state index contributed by atoms with van der Waals surface area (Å²) in [6, 6.07) is 8.43. The maximum atomic E-state index is 6.01. The van der Waals surface area contributed by atoms with Crippen LogP contribution in [0, 0.1) is 5.92 Å². The van der Waals surface area contributed by atoms with Gasteiger partial charge in [-0.05, 0) is 43.5 Å². The molecule has 1 saturated heterocycles. The van der Waals surface area contributed by atoms with Gasteiger partial charge in [-0.3, -0.25) is 0 Å². The quantitative estimate of drug-likeness (QED) is 0.826. The van der Waals surface area contributed by atoms with E-state index in [1.54, 1.807) is 0 Å².